The van der Waals surface area contributed by atoms with Gasteiger partial charge in [-0.1, -0.05) is 91.0 Å². The number of carbonyl (C=O) groups is 2. The van der Waals surface area contributed by atoms with Crippen LogP contribution in [0.1, 0.15) is 36.0 Å². The van der Waals surface area contributed by atoms with Crippen LogP contribution in [0.3, 0.4) is 0 Å². The molecule has 3 fully saturated rings. The highest BCUT2D eigenvalue weighted by molar-refractivity contribution is 5.89. The number of ether oxygens (including phenoxy) is 1. The zero-order valence-corrected chi connectivity index (χ0v) is 22.7. The Morgan fingerprint density at radius 1 is 0.750 bits per heavy atom. The zero-order valence-electron chi connectivity index (χ0n) is 22.7. The fourth-order valence-electron chi connectivity index (χ4n) is 6.24. The summed E-state index contributed by atoms with van der Waals surface area (Å²) >= 11 is 0. The van der Waals surface area contributed by atoms with Crippen molar-refractivity contribution < 1.29 is 34.1 Å². The normalized spacial score (nSPS) is 21.9. The Balaban J connectivity index is 0.000000406. The van der Waals surface area contributed by atoms with Gasteiger partial charge in [0.15, 0.2) is 0 Å². The summed E-state index contributed by atoms with van der Waals surface area (Å²) in [6.07, 6.45) is 4.26. The van der Waals surface area contributed by atoms with Crippen LogP contribution in [0.5, 0.6) is 0 Å². The lowest BCUT2D eigenvalue weighted by molar-refractivity contribution is -0.946. The Hall–Kier alpha value is -3.78. The first-order valence-electron chi connectivity index (χ1n) is 13.7. The molecule has 0 aliphatic carbocycles. The van der Waals surface area contributed by atoms with Crippen molar-refractivity contribution >= 4 is 11.9 Å². The maximum absolute atomic E-state index is 12.4. The third kappa shape index (κ3) is 6.67. The van der Waals surface area contributed by atoms with Crippen molar-refractivity contribution in [2.24, 2.45) is 5.41 Å². The number of carboxylic acids is 2. The topological polar surface area (TPSA) is 104 Å². The van der Waals surface area contributed by atoms with E-state index >= 15 is 0 Å². The van der Waals surface area contributed by atoms with Gasteiger partial charge in [-0.05, 0) is 16.7 Å². The van der Waals surface area contributed by atoms with E-state index in [0.29, 0.717) is 18.8 Å². The molecule has 2 bridgehead atoms. The number of rotatable bonds is 10. The Bertz CT molecular complexity index is 1200. The Kier molecular flexibility index (Phi) is 9.53. The van der Waals surface area contributed by atoms with Crippen molar-refractivity contribution in [2.75, 3.05) is 32.8 Å². The molecular formula is C33H38NO6+. The predicted molar refractivity (Wildman–Crippen MR) is 152 cm³/mol. The largest absolute Gasteiger partial charge is 0.478 e. The number of fused-ring (bicyclic) bond motifs is 3. The lowest BCUT2D eigenvalue weighted by atomic mass is 9.56. The Morgan fingerprint density at radius 2 is 1.18 bits per heavy atom. The maximum atomic E-state index is 12.4. The molecule has 0 amide bonds. The summed E-state index contributed by atoms with van der Waals surface area (Å²) in [6, 6.07) is 31.1. The highest BCUT2D eigenvalue weighted by atomic mass is 16.5. The summed E-state index contributed by atoms with van der Waals surface area (Å²) in [5.41, 5.74) is 2.23. The fraction of sp³-hybridized carbons (Fsp3) is 0.333. The van der Waals surface area contributed by atoms with E-state index in [9.17, 15) is 14.7 Å². The minimum atomic E-state index is -1.26. The molecule has 7 heteroatoms. The second-order valence-corrected chi connectivity index (χ2v) is 10.8. The summed E-state index contributed by atoms with van der Waals surface area (Å²) < 4.78 is 7.17. The molecule has 7 nitrogen and oxygen atoms in total. The predicted octanol–water partition coefficient (Wildman–Crippen LogP) is 4.85. The van der Waals surface area contributed by atoms with Gasteiger partial charge in [-0.3, -0.25) is 0 Å². The number of piperidine rings is 3. The molecule has 3 heterocycles. The van der Waals surface area contributed by atoms with E-state index in [1.807, 2.05) is 18.2 Å². The van der Waals surface area contributed by atoms with Crippen molar-refractivity contribution in [1.29, 1.82) is 0 Å². The van der Waals surface area contributed by atoms with Gasteiger partial charge in [0.25, 0.3) is 0 Å². The molecule has 0 spiro atoms. The number of quaternary nitrogens is 1. The van der Waals surface area contributed by atoms with Gasteiger partial charge < -0.3 is 24.5 Å². The van der Waals surface area contributed by atoms with Crippen LogP contribution >= 0.6 is 0 Å². The van der Waals surface area contributed by atoms with Crippen molar-refractivity contribution in [3.8, 4) is 0 Å². The Labute approximate surface area is 235 Å². The van der Waals surface area contributed by atoms with Crippen LogP contribution in [0.2, 0.25) is 0 Å². The molecule has 3 aromatic carbocycles. The highest BCUT2D eigenvalue weighted by Crippen LogP contribution is 2.57. The van der Waals surface area contributed by atoms with Crippen molar-refractivity contribution in [3.05, 3.63) is 120 Å². The highest BCUT2D eigenvalue weighted by Gasteiger charge is 2.60. The van der Waals surface area contributed by atoms with Gasteiger partial charge in [-0.15, -0.1) is 0 Å². The molecule has 3 aliphatic heterocycles. The van der Waals surface area contributed by atoms with E-state index in [-0.39, 0.29) is 5.41 Å². The van der Waals surface area contributed by atoms with E-state index in [4.69, 9.17) is 14.9 Å². The lowest BCUT2D eigenvalue weighted by Gasteiger charge is -2.60. The van der Waals surface area contributed by atoms with Gasteiger partial charge in [-0.25, -0.2) is 9.59 Å². The molecule has 0 aromatic heterocycles. The van der Waals surface area contributed by atoms with Crippen molar-refractivity contribution in [3.63, 3.8) is 0 Å². The average Bonchev–Trinajstić information content (AvgIpc) is 3.00. The molecule has 3 aromatic rings. The monoisotopic (exact) mass is 544 g/mol. The number of aliphatic hydroxyl groups is 1. The van der Waals surface area contributed by atoms with Crippen LogP contribution in [0.15, 0.2) is 103 Å². The minimum absolute atomic E-state index is 0.111. The molecule has 40 heavy (non-hydrogen) atoms. The van der Waals surface area contributed by atoms with Crippen LogP contribution < -0.4 is 0 Å². The third-order valence-electron chi connectivity index (χ3n) is 8.53. The quantitative estimate of drug-likeness (QED) is 0.192. The number of nitrogens with zero attached hydrogens (tertiary/aromatic N) is 1. The van der Waals surface area contributed by atoms with Crippen LogP contribution in [0.4, 0.5) is 0 Å². The van der Waals surface area contributed by atoms with Gasteiger partial charge in [0.2, 0.25) is 0 Å². The number of aliphatic carboxylic acids is 2. The Morgan fingerprint density at radius 3 is 1.60 bits per heavy atom. The second kappa shape index (κ2) is 13.0. The summed E-state index contributed by atoms with van der Waals surface area (Å²) in [6.45, 7) is 5.91. The summed E-state index contributed by atoms with van der Waals surface area (Å²) in [7, 11) is 0. The summed E-state index contributed by atoms with van der Waals surface area (Å²) in [5.74, 6) is -2.51. The number of hydrogen-bond acceptors (Lipinski definition) is 4. The van der Waals surface area contributed by atoms with Crippen LogP contribution in [0, 0.1) is 5.41 Å². The van der Waals surface area contributed by atoms with Gasteiger partial charge >= 0.3 is 11.9 Å². The van der Waals surface area contributed by atoms with E-state index in [0.717, 1.165) is 67.7 Å². The fourth-order valence-corrected chi connectivity index (χ4v) is 6.24. The zero-order chi connectivity index (χ0) is 28.5. The van der Waals surface area contributed by atoms with Crippen LogP contribution in [0.25, 0.3) is 0 Å². The smallest absolute Gasteiger partial charge is 0.328 e. The van der Waals surface area contributed by atoms with E-state index < -0.39 is 17.5 Å². The molecule has 0 saturated carbocycles. The molecule has 210 valence electrons. The lowest BCUT2D eigenvalue weighted by Crippen LogP contribution is -2.67. The van der Waals surface area contributed by atoms with E-state index in [1.54, 1.807) is 0 Å². The van der Waals surface area contributed by atoms with Crippen LogP contribution in [-0.2, 0) is 26.5 Å². The number of hydrogen-bond donors (Lipinski definition) is 3. The van der Waals surface area contributed by atoms with Crippen molar-refractivity contribution in [2.45, 2.75) is 31.5 Å². The molecule has 3 N–H and O–H groups in total. The second-order valence-electron chi connectivity index (χ2n) is 10.8. The third-order valence-corrected chi connectivity index (χ3v) is 8.53. The molecule has 6 rings (SSSR count). The van der Waals surface area contributed by atoms with Gasteiger partial charge in [0.1, 0.15) is 12.1 Å². The van der Waals surface area contributed by atoms with Crippen molar-refractivity contribution in [1.82, 2.24) is 0 Å². The summed E-state index contributed by atoms with van der Waals surface area (Å²) in [5, 5.41) is 28.1. The minimum Gasteiger partial charge on any atom is -0.478 e. The molecule has 0 atom stereocenters. The first-order chi connectivity index (χ1) is 19.3. The maximum Gasteiger partial charge on any atom is 0.328 e. The number of carboxylic acid groups (broad SMARTS) is 2. The SMILES string of the molecule is O=C(O)/C=C/C(=O)O.OC(c1ccccc1)(c1ccccc1)C12CC[N+](CCOCc3ccccc3)(CC1)CC2. The molecular weight excluding hydrogens is 506 g/mol. The number of benzene rings is 3. The van der Waals surface area contributed by atoms with Gasteiger partial charge in [-0.2, -0.15) is 0 Å². The van der Waals surface area contributed by atoms with Gasteiger partial charge in [0, 0.05) is 36.8 Å². The first-order valence-corrected chi connectivity index (χ1v) is 13.7. The molecule has 3 aliphatic rings. The van der Waals surface area contributed by atoms with Gasteiger partial charge in [0.05, 0.1) is 32.8 Å². The summed E-state index contributed by atoms with van der Waals surface area (Å²) in [4.78, 5) is 19.1. The molecule has 0 radical (unpaired) electrons. The first kappa shape index (κ1) is 29.2. The average molecular weight is 545 g/mol. The molecule has 0 unspecified atom stereocenters. The molecule has 3 saturated heterocycles. The standard InChI is InChI=1S/C29H34NO2.C4H4O4/c31-29(26-12-6-2-7-13-26,27-14-8-3-9-15-27)28-16-19-30(20-17-28,21-18-28)22-23-32-24-25-10-4-1-5-11-25;5-3(6)1-2-4(7)8/h1-15,31H,16-24H2;1-2H,(H,5,6)(H,7,8)/q+1;/b;2-1+. The van der Waals surface area contributed by atoms with E-state index in [2.05, 4.69) is 72.8 Å². The van der Waals surface area contributed by atoms with E-state index in [1.165, 1.54) is 5.56 Å². The van der Waals surface area contributed by atoms with Crippen LogP contribution in [-0.4, -0.2) is 64.5 Å².